The van der Waals surface area contributed by atoms with Crippen LogP contribution in [0.3, 0.4) is 0 Å². The van der Waals surface area contributed by atoms with Crippen LogP contribution >= 0.6 is 0 Å². The van der Waals surface area contributed by atoms with E-state index in [9.17, 15) is 14.3 Å². The van der Waals surface area contributed by atoms with Gasteiger partial charge in [0.2, 0.25) is 0 Å². The molecule has 2 rings (SSSR count). The molecule has 0 aromatic heterocycles. The summed E-state index contributed by atoms with van der Waals surface area (Å²) in [6, 6.07) is 15.3. The lowest BCUT2D eigenvalue weighted by Crippen LogP contribution is -2.37. The Morgan fingerprint density at radius 2 is 1.85 bits per heavy atom. The van der Waals surface area contributed by atoms with Crippen molar-refractivity contribution >= 4 is 5.97 Å². The molecule has 0 spiro atoms. The summed E-state index contributed by atoms with van der Waals surface area (Å²) in [6.07, 6.45) is 0.726. The number of hydrogen-bond acceptors (Lipinski definition) is 1. The van der Waals surface area contributed by atoms with Crippen LogP contribution in [0.2, 0.25) is 0 Å². The van der Waals surface area contributed by atoms with E-state index in [4.69, 9.17) is 0 Å². The van der Waals surface area contributed by atoms with Crippen molar-refractivity contribution in [1.82, 2.24) is 0 Å². The minimum Gasteiger partial charge on any atom is -0.481 e. The summed E-state index contributed by atoms with van der Waals surface area (Å²) in [7, 11) is 0. The minimum atomic E-state index is -1.02. The molecule has 2 aromatic rings. The van der Waals surface area contributed by atoms with Gasteiger partial charge in [-0.3, -0.25) is 4.79 Å². The first-order valence-corrected chi connectivity index (χ1v) is 6.62. The van der Waals surface area contributed by atoms with E-state index < -0.39 is 11.4 Å². The van der Waals surface area contributed by atoms with Gasteiger partial charge in [-0.1, -0.05) is 49.4 Å². The molecule has 0 saturated heterocycles. The summed E-state index contributed by atoms with van der Waals surface area (Å²) >= 11 is 0. The second-order valence-electron chi connectivity index (χ2n) is 4.91. The van der Waals surface area contributed by atoms with Crippen molar-refractivity contribution in [3.05, 3.63) is 71.5 Å². The predicted octanol–water partition coefficient (Wildman–Crippen LogP) is 3.80. The molecule has 0 radical (unpaired) electrons. The van der Waals surface area contributed by atoms with Crippen LogP contribution in [0.4, 0.5) is 4.39 Å². The van der Waals surface area contributed by atoms with Crippen molar-refractivity contribution in [2.45, 2.75) is 25.2 Å². The number of carboxylic acids is 1. The molecule has 0 aliphatic heterocycles. The predicted molar refractivity (Wildman–Crippen MR) is 76.2 cm³/mol. The van der Waals surface area contributed by atoms with E-state index in [1.807, 2.05) is 37.3 Å². The van der Waals surface area contributed by atoms with Crippen LogP contribution in [0.25, 0.3) is 0 Å². The van der Waals surface area contributed by atoms with E-state index in [0.717, 1.165) is 5.56 Å². The van der Waals surface area contributed by atoms with Crippen molar-refractivity contribution < 1.29 is 14.3 Å². The van der Waals surface area contributed by atoms with E-state index in [1.165, 1.54) is 12.1 Å². The van der Waals surface area contributed by atoms with Crippen LogP contribution in [-0.2, 0) is 16.6 Å². The number of hydrogen-bond donors (Lipinski definition) is 1. The van der Waals surface area contributed by atoms with Crippen molar-refractivity contribution in [2.24, 2.45) is 0 Å². The Morgan fingerprint density at radius 1 is 1.15 bits per heavy atom. The van der Waals surface area contributed by atoms with Gasteiger partial charge in [-0.2, -0.15) is 0 Å². The summed E-state index contributed by atoms with van der Waals surface area (Å²) in [5, 5.41) is 9.71. The number of carboxylic acid groups (broad SMARTS) is 1. The zero-order valence-corrected chi connectivity index (χ0v) is 11.3. The topological polar surface area (TPSA) is 37.3 Å². The smallest absolute Gasteiger partial charge is 0.314 e. The average Bonchev–Trinajstić information content (AvgIpc) is 2.45. The fraction of sp³-hybridized carbons (Fsp3) is 0.235. The van der Waals surface area contributed by atoms with E-state index in [0.29, 0.717) is 12.0 Å². The van der Waals surface area contributed by atoms with Crippen LogP contribution in [0.15, 0.2) is 54.6 Å². The van der Waals surface area contributed by atoms with Crippen molar-refractivity contribution in [2.75, 3.05) is 0 Å². The van der Waals surface area contributed by atoms with Gasteiger partial charge in [-0.25, -0.2) is 4.39 Å². The van der Waals surface area contributed by atoms with E-state index in [1.54, 1.807) is 12.1 Å². The average molecular weight is 272 g/mol. The first kappa shape index (κ1) is 14.3. The van der Waals surface area contributed by atoms with Gasteiger partial charge < -0.3 is 5.11 Å². The molecule has 3 heteroatoms. The molecular formula is C17H17FO2. The molecule has 0 bridgehead atoms. The lowest BCUT2D eigenvalue weighted by molar-refractivity contribution is -0.144. The van der Waals surface area contributed by atoms with Crippen LogP contribution in [-0.4, -0.2) is 11.1 Å². The highest BCUT2D eigenvalue weighted by atomic mass is 19.1. The van der Waals surface area contributed by atoms with Gasteiger partial charge in [-0.15, -0.1) is 0 Å². The van der Waals surface area contributed by atoms with E-state index in [-0.39, 0.29) is 12.2 Å². The number of halogens is 1. The standard InChI is InChI=1S/C17H17FO2/c1-2-17(16(19)20,14-8-4-3-5-9-14)12-13-7-6-10-15(18)11-13/h3-11H,2,12H2,1H3,(H,19,20). The molecule has 104 valence electrons. The fourth-order valence-corrected chi connectivity index (χ4v) is 2.53. The lowest BCUT2D eigenvalue weighted by Gasteiger charge is -2.29. The Morgan fingerprint density at radius 3 is 2.40 bits per heavy atom. The summed E-state index contributed by atoms with van der Waals surface area (Å²) in [6.45, 7) is 1.85. The summed E-state index contributed by atoms with van der Waals surface area (Å²) in [4.78, 5) is 11.8. The molecule has 1 atom stereocenters. The van der Waals surface area contributed by atoms with Crippen LogP contribution in [0, 0.1) is 5.82 Å². The van der Waals surface area contributed by atoms with Gasteiger partial charge in [0, 0.05) is 0 Å². The molecule has 1 N–H and O–H groups in total. The summed E-state index contributed by atoms with van der Waals surface area (Å²) in [5.41, 5.74) is 0.423. The number of carbonyl (C=O) groups is 1. The fourth-order valence-electron chi connectivity index (χ4n) is 2.53. The molecule has 0 aliphatic rings. The number of benzene rings is 2. The van der Waals surface area contributed by atoms with E-state index in [2.05, 4.69) is 0 Å². The maximum Gasteiger partial charge on any atom is 0.314 e. The van der Waals surface area contributed by atoms with Crippen molar-refractivity contribution in [1.29, 1.82) is 0 Å². The molecule has 2 nitrogen and oxygen atoms in total. The Balaban J connectivity index is 2.45. The van der Waals surface area contributed by atoms with Gasteiger partial charge in [0.1, 0.15) is 5.82 Å². The number of aliphatic carboxylic acids is 1. The van der Waals surface area contributed by atoms with Crippen LogP contribution in [0.1, 0.15) is 24.5 Å². The van der Waals surface area contributed by atoms with Gasteiger partial charge in [0.25, 0.3) is 0 Å². The third-order valence-corrected chi connectivity index (χ3v) is 3.73. The normalized spacial score (nSPS) is 13.7. The van der Waals surface area contributed by atoms with Crippen LogP contribution < -0.4 is 0 Å². The SMILES string of the molecule is CCC(Cc1cccc(F)c1)(C(=O)O)c1ccccc1. The van der Waals surface area contributed by atoms with Gasteiger partial charge in [0.15, 0.2) is 0 Å². The maximum absolute atomic E-state index is 13.3. The monoisotopic (exact) mass is 272 g/mol. The van der Waals surface area contributed by atoms with Crippen molar-refractivity contribution in [3.8, 4) is 0 Å². The third-order valence-electron chi connectivity index (χ3n) is 3.73. The quantitative estimate of drug-likeness (QED) is 0.898. The highest BCUT2D eigenvalue weighted by Gasteiger charge is 2.38. The Bertz CT molecular complexity index is 595. The second kappa shape index (κ2) is 5.87. The lowest BCUT2D eigenvalue weighted by atomic mass is 9.73. The molecular weight excluding hydrogens is 255 g/mol. The highest BCUT2D eigenvalue weighted by Crippen LogP contribution is 2.32. The molecule has 1 unspecified atom stereocenters. The molecule has 20 heavy (non-hydrogen) atoms. The van der Waals surface area contributed by atoms with Crippen LogP contribution in [0.5, 0.6) is 0 Å². The summed E-state index contributed by atoms with van der Waals surface area (Å²) in [5.74, 6) is -1.22. The zero-order valence-electron chi connectivity index (χ0n) is 11.3. The maximum atomic E-state index is 13.3. The van der Waals surface area contributed by atoms with Crippen molar-refractivity contribution in [3.63, 3.8) is 0 Å². The largest absolute Gasteiger partial charge is 0.481 e. The molecule has 0 amide bonds. The Labute approximate surface area is 117 Å². The minimum absolute atomic E-state index is 0.278. The molecule has 0 aliphatic carbocycles. The zero-order chi connectivity index (χ0) is 14.6. The first-order chi connectivity index (χ1) is 9.58. The Kier molecular flexibility index (Phi) is 4.18. The first-order valence-electron chi connectivity index (χ1n) is 6.62. The number of rotatable bonds is 5. The molecule has 0 heterocycles. The highest BCUT2D eigenvalue weighted by molar-refractivity contribution is 5.81. The van der Waals surface area contributed by atoms with Gasteiger partial charge in [0.05, 0.1) is 5.41 Å². The van der Waals surface area contributed by atoms with E-state index >= 15 is 0 Å². The molecule has 0 fully saturated rings. The van der Waals surface area contributed by atoms with Gasteiger partial charge in [-0.05, 0) is 36.1 Å². The molecule has 2 aromatic carbocycles. The van der Waals surface area contributed by atoms with Gasteiger partial charge >= 0.3 is 5.97 Å². The second-order valence-corrected chi connectivity index (χ2v) is 4.91. The molecule has 0 saturated carbocycles. The third kappa shape index (κ3) is 2.72. The Hall–Kier alpha value is -2.16. The summed E-state index contributed by atoms with van der Waals surface area (Å²) < 4.78 is 13.3.